The molecule has 0 amide bonds. The zero-order chi connectivity index (χ0) is 14.6. The first-order chi connectivity index (χ1) is 9.48. The maximum absolute atomic E-state index is 5.48. The topological polar surface area (TPSA) is 37.4 Å². The van der Waals surface area contributed by atoms with Gasteiger partial charge in [-0.15, -0.1) is 0 Å². The van der Waals surface area contributed by atoms with Gasteiger partial charge < -0.3 is 15.0 Å². The Bertz CT molecular complexity index is 428. The van der Waals surface area contributed by atoms with Gasteiger partial charge in [-0.3, -0.25) is 0 Å². The molecular formula is C16H27N3O. The molecule has 1 N–H and O–H groups in total. The number of anilines is 1. The SMILES string of the molecule is COC1CCCN(c2cc(CNC(C)(C)C)ccn2)C1. The summed E-state index contributed by atoms with van der Waals surface area (Å²) in [6.07, 6.45) is 4.57. The fourth-order valence-corrected chi connectivity index (χ4v) is 2.45. The van der Waals surface area contributed by atoms with E-state index < -0.39 is 0 Å². The Morgan fingerprint density at radius 1 is 1.45 bits per heavy atom. The Balaban J connectivity index is 2.01. The molecule has 0 radical (unpaired) electrons. The van der Waals surface area contributed by atoms with E-state index in [9.17, 15) is 0 Å². The van der Waals surface area contributed by atoms with Crippen LogP contribution in [0.3, 0.4) is 0 Å². The molecule has 1 aromatic rings. The van der Waals surface area contributed by atoms with Gasteiger partial charge in [-0.1, -0.05) is 0 Å². The van der Waals surface area contributed by atoms with Crippen LogP contribution < -0.4 is 10.2 Å². The number of nitrogens with zero attached hydrogens (tertiary/aromatic N) is 2. The second kappa shape index (κ2) is 6.55. The Labute approximate surface area is 122 Å². The van der Waals surface area contributed by atoms with Crippen LogP contribution in [0.15, 0.2) is 18.3 Å². The van der Waals surface area contributed by atoms with Crippen molar-refractivity contribution < 1.29 is 4.74 Å². The molecule has 4 heteroatoms. The van der Waals surface area contributed by atoms with Gasteiger partial charge in [0.05, 0.1) is 6.10 Å². The summed E-state index contributed by atoms with van der Waals surface area (Å²) in [7, 11) is 1.80. The lowest BCUT2D eigenvalue weighted by Gasteiger charge is -2.33. The summed E-state index contributed by atoms with van der Waals surface area (Å²) >= 11 is 0. The van der Waals surface area contributed by atoms with E-state index >= 15 is 0 Å². The molecule has 0 bridgehead atoms. The van der Waals surface area contributed by atoms with Crippen molar-refractivity contribution in [3.05, 3.63) is 23.9 Å². The van der Waals surface area contributed by atoms with Crippen molar-refractivity contribution in [3.8, 4) is 0 Å². The van der Waals surface area contributed by atoms with E-state index in [0.717, 1.165) is 31.9 Å². The van der Waals surface area contributed by atoms with E-state index in [1.807, 2.05) is 6.20 Å². The van der Waals surface area contributed by atoms with E-state index in [0.29, 0.717) is 6.10 Å². The fraction of sp³-hybridized carbons (Fsp3) is 0.688. The quantitative estimate of drug-likeness (QED) is 0.918. The molecule has 4 nitrogen and oxygen atoms in total. The normalized spacial score (nSPS) is 20.2. The van der Waals surface area contributed by atoms with Gasteiger partial charge in [0.15, 0.2) is 0 Å². The minimum absolute atomic E-state index is 0.135. The average molecular weight is 277 g/mol. The number of nitrogens with one attached hydrogen (secondary N) is 1. The molecule has 0 spiro atoms. The highest BCUT2D eigenvalue weighted by Crippen LogP contribution is 2.20. The summed E-state index contributed by atoms with van der Waals surface area (Å²) in [5, 5.41) is 3.52. The fourth-order valence-electron chi connectivity index (χ4n) is 2.45. The number of pyridine rings is 1. The number of piperidine rings is 1. The minimum atomic E-state index is 0.135. The molecule has 2 rings (SSSR count). The van der Waals surface area contributed by atoms with Crippen LogP contribution in [0.1, 0.15) is 39.2 Å². The highest BCUT2D eigenvalue weighted by molar-refractivity contribution is 5.41. The Morgan fingerprint density at radius 3 is 2.95 bits per heavy atom. The minimum Gasteiger partial charge on any atom is -0.380 e. The molecule has 1 atom stereocenters. The van der Waals surface area contributed by atoms with Crippen LogP contribution in [0.25, 0.3) is 0 Å². The van der Waals surface area contributed by atoms with Crippen molar-refractivity contribution >= 4 is 5.82 Å². The van der Waals surface area contributed by atoms with Crippen molar-refractivity contribution in [1.29, 1.82) is 0 Å². The molecule has 1 aliphatic heterocycles. The highest BCUT2D eigenvalue weighted by atomic mass is 16.5. The van der Waals surface area contributed by atoms with Crippen molar-refractivity contribution in [1.82, 2.24) is 10.3 Å². The predicted molar refractivity (Wildman–Crippen MR) is 83.1 cm³/mol. The lowest BCUT2D eigenvalue weighted by atomic mass is 10.1. The van der Waals surface area contributed by atoms with Gasteiger partial charge in [-0.25, -0.2) is 4.98 Å². The molecular weight excluding hydrogens is 250 g/mol. The first-order valence-corrected chi connectivity index (χ1v) is 7.45. The van der Waals surface area contributed by atoms with Crippen LogP contribution >= 0.6 is 0 Å². The smallest absolute Gasteiger partial charge is 0.128 e. The summed E-state index contributed by atoms with van der Waals surface area (Å²) in [6, 6.07) is 4.27. The van der Waals surface area contributed by atoms with Gasteiger partial charge >= 0.3 is 0 Å². The highest BCUT2D eigenvalue weighted by Gasteiger charge is 2.20. The van der Waals surface area contributed by atoms with Gasteiger partial charge in [0.2, 0.25) is 0 Å². The summed E-state index contributed by atoms with van der Waals surface area (Å²) in [5.74, 6) is 1.07. The average Bonchev–Trinajstić information content (AvgIpc) is 2.45. The number of rotatable bonds is 4. The van der Waals surface area contributed by atoms with Gasteiger partial charge in [-0.2, -0.15) is 0 Å². The predicted octanol–water partition coefficient (Wildman–Crippen LogP) is 2.58. The summed E-state index contributed by atoms with van der Waals surface area (Å²) in [6.45, 7) is 9.44. The molecule has 20 heavy (non-hydrogen) atoms. The Kier molecular flexibility index (Phi) is 5.00. The molecule has 2 heterocycles. The van der Waals surface area contributed by atoms with Gasteiger partial charge in [0.25, 0.3) is 0 Å². The number of hydrogen-bond acceptors (Lipinski definition) is 4. The molecule has 1 saturated heterocycles. The first kappa shape index (κ1) is 15.3. The standard InChI is InChI=1S/C16H27N3O/c1-16(2,3)18-11-13-7-8-17-15(10-13)19-9-5-6-14(12-19)20-4/h7-8,10,14,18H,5-6,9,11-12H2,1-4H3. The maximum atomic E-state index is 5.48. The lowest BCUT2D eigenvalue weighted by Crippen LogP contribution is -2.39. The maximum Gasteiger partial charge on any atom is 0.128 e. The van der Waals surface area contributed by atoms with Crippen molar-refractivity contribution in [2.45, 2.75) is 51.8 Å². The molecule has 1 aromatic heterocycles. The second-order valence-electron chi connectivity index (χ2n) is 6.57. The van der Waals surface area contributed by atoms with Crippen LogP contribution in [0.4, 0.5) is 5.82 Å². The number of aromatic nitrogens is 1. The molecule has 1 fully saturated rings. The first-order valence-electron chi connectivity index (χ1n) is 7.45. The summed E-state index contributed by atoms with van der Waals surface area (Å²) < 4.78 is 5.48. The molecule has 112 valence electrons. The molecule has 0 aromatic carbocycles. The van der Waals surface area contributed by atoms with Crippen LogP contribution in [0, 0.1) is 0 Å². The molecule has 0 saturated carbocycles. The Morgan fingerprint density at radius 2 is 2.25 bits per heavy atom. The largest absolute Gasteiger partial charge is 0.380 e. The van der Waals surface area contributed by atoms with Gasteiger partial charge in [0, 0.05) is 38.5 Å². The third-order valence-corrected chi connectivity index (χ3v) is 3.67. The van der Waals surface area contributed by atoms with Crippen LogP contribution in [-0.4, -0.2) is 36.8 Å². The van der Waals surface area contributed by atoms with E-state index in [4.69, 9.17) is 4.74 Å². The van der Waals surface area contributed by atoms with E-state index in [1.165, 1.54) is 12.0 Å². The van der Waals surface area contributed by atoms with Crippen LogP contribution in [-0.2, 0) is 11.3 Å². The zero-order valence-electron chi connectivity index (χ0n) is 13.1. The van der Waals surface area contributed by atoms with E-state index in [1.54, 1.807) is 7.11 Å². The monoisotopic (exact) mass is 277 g/mol. The zero-order valence-corrected chi connectivity index (χ0v) is 13.1. The third kappa shape index (κ3) is 4.46. The number of hydrogen-bond donors (Lipinski definition) is 1. The molecule has 1 aliphatic rings. The van der Waals surface area contributed by atoms with Gasteiger partial charge in [0.1, 0.15) is 5.82 Å². The summed E-state index contributed by atoms with van der Waals surface area (Å²) in [5.41, 5.74) is 1.42. The third-order valence-electron chi connectivity index (χ3n) is 3.67. The summed E-state index contributed by atoms with van der Waals surface area (Å²) in [4.78, 5) is 6.85. The van der Waals surface area contributed by atoms with Crippen molar-refractivity contribution in [2.75, 3.05) is 25.1 Å². The van der Waals surface area contributed by atoms with E-state index in [-0.39, 0.29) is 5.54 Å². The van der Waals surface area contributed by atoms with E-state index in [2.05, 4.69) is 48.1 Å². The molecule has 0 aliphatic carbocycles. The van der Waals surface area contributed by atoms with Crippen molar-refractivity contribution in [3.63, 3.8) is 0 Å². The van der Waals surface area contributed by atoms with Crippen LogP contribution in [0.2, 0.25) is 0 Å². The lowest BCUT2D eigenvalue weighted by molar-refractivity contribution is 0.0891. The Hall–Kier alpha value is -1.13. The number of ether oxygens (including phenoxy) is 1. The molecule has 1 unspecified atom stereocenters. The van der Waals surface area contributed by atoms with Crippen molar-refractivity contribution in [2.24, 2.45) is 0 Å². The van der Waals surface area contributed by atoms with Gasteiger partial charge in [-0.05, 0) is 51.3 Å². The van der Waals surface area contributed by atoms with Crippen LogP contribution in [0.5, 0.6) is 0 Å². The number of methoxy groups -OCH3 is 1. The second-order valence-corrected chi connectivity index (χ2v) is 6.57.